The molecule has 1 aromatic carbocycles. The van der Waals surface area contributed by atoms with Gasteiger partial charge in [-0.25, -0.2) is 4.79 Å². The third kappa shape index (κ3) is 4.04. The van der Waals surface area contributed by atoms with Gasteiger partial charge in [-0.1, -0.05) is 36.0 Å². The standard InChI is InChI=1S/C22H21N3O4S/c1-14-7-4-5-9-18(14)20-23-24-22(25(20)12-16-8-6-10-28-16)30-13-17-11-15(2)19(29-17)21(26)27-3/h4-11H,12-13H2,1-3H3. The van der Waals surface area contributed by atoms with E-state index in [4.69, 9.17) is 13.6 Å². The Morgan fingerprint density at radius 2 is 1.93 bits per heavy atom. The van der Waals surface area contributed by atoms with Crippen LogP contribution in [0.4, 0.5) is 0 Å². The van der Waals surface area contributed by atoms with Crippen molar-refractivity contribution in [3.05, 3.63) is 77.1 Å². The lowest BCUT2D eigenvalue weighted by Gasteiger charge is -2.10. The van der Waals surface area contributed by atoms with Crippen molar-refractivity contribution in [2.24, 2.45) is 0 Å². The molecule has 30 heavy (non-hydrogen) atoms. The molecule has 8 heteroatoms. The molecule has 3 aromatic heterocycles. The van der Waals surface area contributed by atoms with E-state index < -0.39 is 5.97 Å². The van der Waals surface area contributed by atoms with Gasteiger partial charge >= 0.3 is 5.97 Å². The van der Waals surface area contributed by atoms with Gasteiger partial charge < -0.3 is 13.6 Å². The Kier molecular flexibility index (Phi) is 5.76. The second-order valence-corrected chi connectivity index (χ2v) is 7.73. The molecular weight excluding hydrogens is 402 g/mol. The molecule has 0 radical (unpaired) electrons. The number of nitrogens with zero attached hydrogens (tertiary/aromatic N) is 3. The number of benzene rings is 1. The minimum atomic E-state index is -0.480. The third-order valence-electron chi connectivity index (χ3n) is 4.68. The SMILES string of the molecule is COC(=O)c1oc(CSc2nnc(-c3ccccc3C)n2Cc2ccco2)cc1C. The van der Waals surface area contributed by atoms with E-state index >= 15 is 0 Å². The summed E-state index contributed by atoms with van der Waals surface area (Å²) in [5, 5.41) is 9.60. The Morgan fingerprint density at radius 1 is 1.10 bits per heavy atom. The highest BCUT2D eigenvalue weighted by atomic mass is 32.2. The number of rotatable bonds is 7. The van der Waals surface area contributed by atoms with Crippen molar-refractivity contribution in [1.29, 1.82) is 0 Å². The van der Waals surface area contributed by atoms with Crippen molar-refractivity contribution in [2.45, 2.75) is 31.3 Å². The average molecular weight is 423 g/mol. The van der Waals surface area contributed by atoms with Gasteiger partial charge in [0.1, 0.15) is 11.5 Å². The van der Waals surface area contributed by atoms with E-state index in [1.807, 2.05) is 60.9 Å². The van der Waals surface area contributed by atoms with E-state index in [0.717, 1.165) is 33.4 Å². The Morgan fingerprint density at radius 3 is 2.67 bits per heavy atom. The summed E-state index contributed by atoms with van der Waals surface area (Å²) in [7, 11) is 1.34. The lowest BCUT2D eigenvalue weighted by Crippen LogP contribution is -2.04. The molecule has 0 spiro atoms. The molecular formula is C22H21N3O4S. The molecule has 0 fully saturated rings. The van der Waals surface area contributed by atoms with E-state index in [0.29, 0.717) is 18.1 Å². The van der Waals surface area contributed by atoms with Crippen molar-refractivity contribution in [3.63, 3.8) is 0 Å². The number of aryl methyl sites for hydroxylation is 2. The average Bonchev–Trinajstić information content (AvgIpc) is 3.48. The van der Waals surface area contributed by atoms with Gasteiger partial charge in [0.2, 0.25) is 5.76 Å². The second-order valence-electron chi connectivity index (χ2n) is 6.79. The first kappa shape index (κ1) is 20.0. The van der Waals surface area contributed by atoms with E-state index in [-0.39, 0.29) is 5.76 Å². The smallest absolute Gasteiger partial charge is 0.374 e. The molecule has 7 nitrogen and oxygen atoms in total. The van der Waals surface area contributed by atoms with Gasteiger partial charge in [0, 0.05) is 11.1 Å². The zero-order chi connectivity index (χ0) is 21.1. The Hall–Kier alpha value is -3.26. The largest absolute Gasteiger partial charge is 0.467 e. The van der Waals surface area contributed by atoms with Crippen LogP contribution in [-0.2, 0) is 17.0 Å². The number of ether oxygens (including phenoxy) is 1. The van der Waals surface area contributed by atoms with Gasteiger partial charge in [-0.15, -0.1) is 10.2 Å². The van der Waals surface area contributed by atoms with E-state index in [2.05, 4.69) is 10.2 Å². The number of thioether (sulfide) groups is 1. The second kappa shape index (κ2) is 8.62. The Bertz CT molecular complexity index is 1160. The highest BCUT2D eigenvalue weighted by Crippen LogP contribution is 2.30. The number of carbonyl (C=O) groups excluding carboxylic acids is 1. The van der Waals surface area contributed by atoms with Crippen molar-refractivity contribution in [2.75, 3.05) is 7.11 Å². The summed E-state index contributed by atoms with van der Waals surface area (Å²) >= 11 is 1.49. The third-order valence-corrected chi connectivity index (χ3v) is 5.67. The first-order valence-corrected chi connectivity index (χ1v) is 10.4. The van der Waals surface area contributed by atoms with E-state index in [1.165, 1.54) is 18.9 Å². The number of hydrogen-bond donors (Lipinski definition) is 0. The van der Waals surface area contributed by atoms with Crippen molar-refractivity contribution >= 4 is 17.7 Å². The summed E-state index contributed by atoms with van der Waals surface area (Å²) in [4.78, 5) is 11.8. The maximum atomic E-state index is 11.8. The van der Waals surface area contributed by atoms with Crippen LogP contribution in [0.1, 0.15) is 33.2 Å². The number of aromatic nitrogens is 3. The molecule has 0 bridgehead atoms. The van der Waals surface area contributed by atoms with Crippen LogP contribution in [-0.4, -0.2) is 27.8 Å². The van der Waals surface area contributed by atoms with Crippen LogP contribution in [0.15, 0.2) is 62.7 Å². The van der Waals surface area contributed by atoms with Gasteiger partial charge in [0.25, 0.3) is 0 Å². The monoisotopic (exact) mass is 423 g/mol. The topological polar surface area (TPSA) is 83.3 Å². The van der Waals surface area contributed by atoms with Gasteiger partial charge in [-0.2, -0.15) is 0 Å². The maximum Gasteiger partial charge on any atom is 0.374 e. The van der Waals surface area contributed by atoms with Gasteiger partial charge in [0.05, 0.1) is 25.7 Å². The van der Waals surface area contributed by atoms with Gasteiger partial charge in [0.15, 0.2) is 11.0 Å². The molecule has 0 amide bonds. The zero-order valence-corrected chi connectivity index (χ0v) is 17.7. The summed E-state index contributed by atoms with van der Waals surface area (Å²) in [5.41, 5.74) is 2.88. The van der Waals surface area contributed by atoms with E-state index in [1.54, 1.807) is 6.26 Å². The van der Waals surface area contributed by atoms with Crippen LogP contribution in [0.3, 0.4) is 0 Å². The highest BCUT2D eigenvalue weighted by molar-refractivity contribution is 7.98. The number of carbonyl (C=O) groups is 1. The van der Waals surface area contributed by atoms with Crippen molar-refractivity contribution < 1.29 is 18.4 Å². The molecule has 0 atom stereocenters. The van der Waals surface area contributed by atoms with Gasteiger partial charge in [-0.05, 0) is 37.6 Å². The minimum Gasteiger partial charge on any atom is -0.467 e. The predicted molar refractivity (Wildman–Crippen MR) is 112 cm³/mol. The van der Waals surface area contributed by atoms with Crippen LogP contribution in [0.5, 0.6) is 0 Å². The Balaban J connectivity index is 1.63. The molecule has 4 aromatic rings. The Labute approximate surface area is 178 Å². The molecule has 0 aliphatic heterocycles. The van der Waals surface area contributed by atoms with Crippen LogP contribution >= 0.6 is 11.8 Å². The molecule has 0 unspecified atom stereocenters. The summed E-state index contributed by atoms with van der Waals surface area (Å²) < 4.78 is 18.0. The minimum absolute atomic E-state index is 0.228. The first-order chi connectivity index (χ1) is 14.6. The number of hydrogen-bond acceptors (Lipinski definition) is 7. The van der Waals surface area contributed by atoms with Crippen molar-refractivity contribution in [1.82, 2.24) is 14.8 Å². The van der Waals surface area contributed by atoms with Crippen molar-refractivity contribution in [3.8, 4) is 11.4 Å². The molecule has 0 aliphatic carbocycles. The fourth-order valence-corrected chi connectivity index (χ4v) is 3.99. The lowest BCUT2D eigenvalue weighted by atomic mass is 10.1. The molecule has 154 valence electrons. The molecule has 4 rings (SSSR count). The molecule has 0 saturated heterocycles. The number of esters is 1. The van der Waals surface area contributed by atoms with Crippen LogP contribution < -0.4 is 0 Å². The zero-order valence-electron chi connectivity index (χ0n) is 16.9. The summed E-state index contributed by atoms with van der Waals surface area (Å²) in [6, 6.07) is 13.7. The lowest BCUT2D eigenvalue weighted by molar-refractivity contribution is 0.0562. The maximum absolute atomic E-state index is 11.8. The molecule has 0 saturated carbocycles. The summed E-state index contributed by atoms with van der Waals surface area (Å²) in [6.07, 6.45) is 1.65. The quantitative estimate of drug-likeness (QED) is 0.310. The summed E-state index contributed by atoms with van der Waals surface area (Å²) in [6.45, 7) is 4.38. The number of furan rings is 2. The van der Waals surface area contributed by atoms with Gasteiger partial charge in [-0.3, -0.25) is 4.57 Å². The predicted octanol–water partition coefficient (Wildman–Crippen LogP) is 4.88. The molecule has 0 aliphatic rings. The molecule has 3 heterocycles. The number of methoxy groups -OCH3 is 1. The van der Waals surface area contributed by atoms with E-state index in [9.17, 15) is 4.79 Å². The molecule has 0 N–H and O–H groups in total. The first-order valence-electron chi connectivity index (χ1n) is 9.39. The highest BCUT2D eigenvalue weighted by Gasteiger charge is 2.20. The fourth-order valence-electron chi connectivity index (χ4n) is 3.17. The van der Waals surface area contributed by atoms with Crippen LogP contribution in [0, 0.1) is 13.8 Å². The normalized spacial score (nSPS) is 11.0. The summed E-state index contributed by atoms with van der Waals surface area (Å²) in [5.74, 6) is 2.51. The van der Waals surface area contributed by atoms with Crippen LogP contribution in [0.2, 0.25) is 0 Å². The van der Waals surface area contributed by atoms with Crippen LogP contribution in [0.25, 0.3) is 11.4 Å². The fraction of sp³-hybridized carbons (Fsp3) is 0.227.